The number of hydrogen-bond donors (Lipinski definition) is 1. The van der Waals surface area contributed by atoms with Gasteiger partial charge in [0.2, 0.25) is 0 Å². The molecule has 1 N–H and O–H groups in total. The maximum absolute atomic E-state index is 12.5. The number of hydrogen-bond acceptors (Lipinski definition) is 5. The van der Waals surface area contributed by atoms with Gasteiger partial charge in [-0.1, -0.05) is 36.4 Å². The van der Waals surface area contributed by atoms with Crippen molar-refractivity contribution in [2.24, 2.45) is 0 Å². The van der Waals surface area contributed by atoms with Crippen molar-refractivity contribution in [3.63, 3.8) is 0 Å². The van der Waals surface area contributed by atoms with E-state index in [1.165, 1.54) is 20.3 Å². The topological polar surface area (TPSA) is 81.7 Å². The summed E-state index contributed by atoms with van der Waals surface area (Å²) in [7, 11) is 2.55. The van der Waals surface area contributed by atoms with Crippen molar-refractivity contribution in [1.82, 2.24) is 5.32 Å². The fourth-order valence-electron chi connectivity index (χ4n) is 2.49. The second-order valence-electron chi connectivity index (χ2n) is 5.65. The van der Waals surface area contributed by atoms with E-state index in [1.807, 2.05) is 30.3 Å². The van der Waals surface area contributed by atoms with E-state index < -0.39 is 23.9 Å². The summed E-state index contributed by atoms with van der Waals surface area (Å²) in [5.74, 6) is -1.51. The summed E-state index contributed by atoms with van der Waals surface area (Å²) in [4.78, 5) is 36.1. The van der Waals surface area contributed by atoms with Gasteiger partial charge >= 0.3 is 11.9 Å². The summed E-state index contributed by atoms with van der Waals surface area (Å²) in [5, 5.41) is 2.67. The molecule has 0 radical (unpaired) electrons. The van der Waals surface area contributed by atoms with Crippen molar-refractivity contribution in [2.75, 3.05) is 14.2 Å². The summed E-state index contributed by atoms with van der Waals surface area (Å²) >= 11 is 0. The Bertz CT molecular complexity index is 773. The van der Waals surface area contributed by atoms with E-state index in [2.05, 4.69) is 10.1 Å². The third kappa shape index (κ3) is 5.17. The molecule has 1 amide bonds. The van der Waals surface area contributed by atoms with Crippen LogP contribution < -0.4 is 5.32 Å². The highest BCUT2D eigenvalue weighted by Gasteiger charge is 2.22. The highest BCUT2D eigenvalue weighted by molar-refractivity contribution is 5.99. The monoisotopic (exact) mass is 355 g/mol. The number of aryl methyl sites for hydroxylation is 1. The molecule has 2 rings (SSSR count). The SMILES string of the molecule is COC(=O)c1cccc(C(=O)N[C@H](CCc2ccccc2)C(=O)OC)c1. The van der Waals surface area contributed by atoms with Gasteiger partial charge < -0.3 is 14.8 Å². The molecule has 6 nitrogen and oxygen atoms in total. The summed E-state index contributed by atoms with van der Waals surface area (Å²) in [6.07, 6.45) is 1.02. The number of carbonyl (C=O) groups excluding carboxylic acids is 3. The molecule has 2 aromatic carbocycles. The number of methoxy groups -OCH3 is 2. The minimum absolute atomic E-state index is 0.263. The van der Waals surface area contributed by atoms with Gasteiger partial charge in [0, 0.05) is 5.56 Å². The Labute approximate surface area is 152 Å². The van der Waals surface area contributed by atoms with Gasteiger partial charge in [0.1, 0.15) is 6.04 Å². The Hall–Kier alpha value is -3.15. The summed E-state index contributed by atoms with van der Waals surface area (Å²) in [6.45, 7) is 0. The van der Waals surface area contributed by atoms with Gasteiger partial charge in [0.05, 0.1) is 19.8 Å². The second-order valence-corrected chi connectivity index (χ2v) is 5.65. The zero-order chi connectivity index (χ0) is 18.9. The van der Waals surface area contributed by atoms with Gasteiger partial charge in [-0.3, -0.25) is 4.79 Å². The Morgan fingerprint density at radius 2 is 1.62 bits per heavy atom. The minimum Gasteiger partial charge on any atom is -0.467 e. The molecule has 0 aliphatic heterocycles. The molecule has 0 aromatic heterocycles. The van der Waals surface area contributed by atoms with Crippen LogP contribution >= 0.6 is 0 Å². The van der Waals surface area contributed by atoms with Gasteiger partial charge in [-0.05, 0) is 36.6 Å². The number of ether oxygens (including phenoxy) is 2. The molecule has 0 saturated carbocycles. The Kier molecular flexibility index (Phi) is 6.91. The number of nitrogens with one attached hydrogen (secondary N) is 1. The summed E-state index contributed by atoms with van der Waals surface area (Å²) in [6, 6.07) is 15.0. The quantitative estimate of drug-likeness (QED) is 0.771. The van der Waals surface area contributed by atoms with Gasteiger partial charge in [0.25, 0.3) is 5.91 Å². The molecule has 26 heavy (non-hydrogen) atoms. The van der Waals surface area contributed by atoms with E-state index >= 15 is 0 Å². The minimum atomic E-state index is -0.783. The van der Waals surface area contributed by atoms with Crippen molar-refractivity contribution in [3.05, 3.63) is 71.3 Å². The van der Waals surface area contributed by atoms with E-state index in [9.17, 15) is 14.4 Å². The van der Waals surface area contributed by atoms with Crippen molar-refractivity contribution in [2.45, 2.75) is 18.9 Å². The van der Waals surface area contributed by atoms with Crippen LogP contribution in [0.15, 0.2) is 54.6 Å². The molecule has 1 atom stereocenters. The first-order valence-corrected chi connectivity index (χ1v) is 8.16. The Morgan fingerprint density at radius 1 is 0.923 bits per heavy atom. The van der Waals surface area contributed by atoms with Crippen molar-refractivity contribution >= 4 is 17.8 Å². The first-order valence-electron chi connectivity index (χ1n) is 8.16. The molecule has 0 fully saturated rings. The van der Waals surface area contributed by atoms with E-state index in [0.29, 0.717) is 12.8 Å². The average molecular weight is 355 g/mol. The lowest BCUT2D eigenvalue weighted by Crippen LogP contribution is -2.41. The maximum Gasteiger partial charge on any atom is 0.337 e. The fourth-order valence-corrected chi connectivity index (χ4v) is 2.49. The van der Waals surface area contributed by atoms with Gasteiger partial charge in [-0.25, -0.2) is 9.59 Å². The molecule has 0 heterocycles. The molecule has 0 aliphatic carbocycles. The Balaban J connectivity index is 2.08. The zero-order valence-corrected chi connectivity index (χ0v) is 14.7. The van der Waals surface area contributed by atoms with Crippen LogP contribution in [-0.2, 0) is 20.7 Å². The largest absolute Gasteiger partial charge is 0.467 e. The van der Waals surface area contributed by atoms with Gasteiger partial charge in [-0.15, -0.1) is 0 Å². The highest BCUT2D eigenvalue weighted by atomic mass is 16.5. The highest BCUT2D eigenvalue weighted by Crippen LogP contribution is 2.10. The number of esters is 2. The maximum atomic E-state index is 12.5. The van der Waals surface area contributed by atoms with Crippen molar-refractivity contribution in [3.8, 4) is 0 Å². The third-order valence-electron chi connectivity index (χ3n) is 3.90. The first kappa shape index (κ1) is 19.2. The fraction of sp³-hybridized carbons (Fsp3) is 0.250. The van der Waals surface area contributed by atoms with E-state index in [4.69, 9.17) is 4.74 Å². The third-order valence-corrected chi connectivity index (χ3v) is 3.90. The molecular formula is C20H21NO5. The molecule has 2 aromatic rings. The lowest BCUT2D eigenvalue weighted by atomic mass is 10.0. The first-order chi connectivity index (χ1) is 12.5. The predicted molar refractivity (Wildman–Crippen MR) is 95.8 cm³/mol. The van der Waals surface area contributed by atoms with Crippen molar-refractivity contribution < 1.29 is 23.9 Å². The van der Waals surface area contributed by atoms with Crippen LogP contribution in [-0.4, -0.2) is 38.1 Å². The molecular weight excluding hydrogens is 334 g/mol. The van der Waals surface area contributed by atoms with Gasteiger partial charge in [-0.2, -0.15) is 0 Å². The molecule has 0 bridgehead atoms. The summed E-state index contributed by atoms with van der Waals surface area (Å²) in [5.41, 5.74) is 1.59. The zero-order valence-electron chi connectivity index (χ0n) is 14.7. The van der Waals surface area contributed by atoms with Crippen molar-refractivity contribution in [1.29, 1.82) is 0 Å². The molecule has 136 valence electrons. The van der Waals surface area contributed by atoms with Crippen LogP contribution in [0.25, 0.3) is 0 Å². The van der Waals surface area contributed by atoms with Crippen LogP contribution in [0.5, 0.6) is 0 Å². The molecule has 6 heteroatoms. The second kappa shape index (κ2) is 9.36. The molecule has 0 unspecified atom stereocenters. The smallest absolute Gasteiger partial charge is 0.337 e. The van der Waals surface area contributed by atoms with Gasteiger partial charge in [0.15, 0.2) is 0 Å². The number of rotatable bonds is 7. The van der Waals surface area contributed by atoms with Crippen LogP contribution in [0.1, 0.15) is 32.7 Å². The number of amides is 1. The number of carbonyl (C=O) groups is 3. The van der Waals surface area contributed by atoms with Crippen LogP contribution in [0.3, 0.4) is 0 Å². The van der Waals surface area contributed by atoms with E-state index in [-0.39, 0.29) is 11.1 Å². The van der Waals surface area contributed by atoms with E-state index in [1.54, 1.807) is 18.2 Å². The standard InChI is InChI=1S/C20H21NO5/c1-25-19(23)16-10-6-9-15(13-16)18(22)21-17(20(24)26-2)12-11-14-7-4-3-5-8-14/h3-10,13,17H,11-12H2,1-2H3,(H,21,22)/t17-/m1/s1. The van der Waals surface area contributed by atoms with Crippen LogP contribution in [0, 0.1) is 0 Å². The number of benzene rings is 2. The Morgan fingerprint density at radius 3 is 2.27 bits per heavy atom. The molecule has 0 spiro atoms. The summed E-state index contributed by atoms with van der Waals surface area (Å²) < 4.78 is 9.44. The molecule has 0 saturated heterocycles. The predicted octanol–water partition coefficient (Wildman–Crippen LogP) is 2.38. The lowest BCUT2D eigenvalue weighted by molar-refractivity contribution is -0.143. The van der Waals surface area contributed by atoms with Crippen LogP contribution in [0.2, 0.25) is 0 Å². The molecule has 0 aliphatic rings. The van der Waals surface area contributed by atoms with Crippen LogP contribution in [0.4, 0.5) is 0 Å². The lowest BCUT2D eigenvalue weighted by Gasteiger charge is -2.17. The average Bonchev–Trinajstić information content (AvgIpc) is 2.70. The normalized spacial score (nSPS) is 11.3. The van der Waals surface area contributed by atoms with E-state index in [0.717, 1.165) is 5.56 Å².